The number of para-hydroxylation sites is 1. The van der Waals surface area contributed by atoms with Crippen molar-refractivity contribution in [1.82, 2.24) is 4.57 Å². The summed E-state index contributed by atoms with van der Waals surface area (Å²) in [5.74, 6) is -0.120. The molecule has 22 heavy (non-hydrogen) atoms. The van der Waals surface area contributed by atoms with Gasteiger partial charge in [0.25, 0.3) is 0 Å². The summed E-state index contributed by atoms with van der Waals surface area (Å²) in [5, 5.41) is 19.4. The normalized spacial score (nSPS) is 10.8. The Balaban J connectivity index is 1.93. The van der Waals surface area contributed by atoms with Crippen LogP contribution in [0.15, 0.2) is 48.7 Å². The van der Waals surface area contributed by atoms with E-state index in [2.05, 4.69) is 0 Å². The zero-order valence-corrected chi connectivity index (χ0v) is 12.0. The van der Waals surface area contributed by atoms with Crippen LogP contribution < -0.4 is 4.74 Å². The van der Waals surface area contributed by atoms with Crippen molar-refractivity contribution < 1.29 is 19.7 Å². The number of benzene rings is 2. The van der Waals surface area contributed by atoms with Crippen LogP contribution in [0.2, 0.25) is 0 Å². The number of phenolic OH excluding ortho intramolecular Hbond substituents is 1. The summed E-state index contributed by atoms with van der Waals surface area (Å²) in [6, 6.07) is 11.7. The Kier molecular flexibility index (Phi) is 3.47. The molecule has 0 aliphatic rings. The van der Waals surface area contributed by atoms with Gasteiger partial charge in [0.15, 0.2) is 0 Å². The van der Waals surface area contributed by atoms with Gasteiger partial charge in [-0.1, -0.05) is 12.1 Å². The SMILES string of the molecule is Cn1cc(COc2ccc(O)cc2)c2cccc(C(=O)O)c21. The van der Waals surface area contributed by atoms with Crippen LogP contribution >= 0.6 is 0 Å². The first-order valence-corrected chi connectivity index (χ1v) is 6.78. The summed E-state index contributed by atoms with van der Waals surface area (Å²) in [6.45, 7) is 0.325. The number of aryl methyl sites for hydroxylation is 1. The lowest BCUT2D eigenvalue weighted by molar-refractivity contribution is 0.0698. The number of ether oxygens (including phenoxy) is 1. The first kappa shape index (κ1) is 14.0. The van der Waals surface area contributed by atoms with Crippen LogP contribution in [0.3, 0.4) is 0 Å². The van der Waals surface area contributed by atoms with E-state index in [-0.39, 0.29) is 11.3 Å². The van der Waals surface area contributed by atoms with Crippen molar-refractivity contribution in [2.75, 3.05) is 0 Å². The average Bonchev–Trinajstić information content (AvgIpc) is 2.83. The molecule has 1 aromatic heterocycles. The van der Waals surface area contributed by atoms with Gasteiger partial charge < -0.3 is 19.5 Å². The van der Waals surface area contributed by atoms with Gasteiger partial charge in [0.05, 0.1) is 11.1 Å². The van der Waals surface area contributed by atoms with Crippen molar-refractivity contribution in [3.05, 3.63) is 59.8 Å². The Hall–Kier alpha value is -2.95. The molecule has 2 aromatic carbocycles. The van der Waals surface area contributed by atoms with Crippen LogP contribution in [-0.2, 0) is 13.7 Å². The monoisotopic (exact) mass is 297 g/mol. The van der Waals surface area contributed by atoms with Crippen molar-refractivity contribution >= 4 is 16.9 Å². The molecule has 112 valence electrons. The van der Waals surface area contributed by atoms with Crippen LogP contribution in [0.4, 0.5) is 0 Å². The molecule has 0 atom stereocenters. The fourth-order valence-electron chi connectivity index (χ4n) is 2.54. The summed E-state index contributed by atoms with van der Waals surface area (Å²) in [5.41, 5.74) is 1.86. The van der Waals surface area contributed by atoms with Crippen molar-refractivity contribution in [2.24, 2.45) is 7.05 Å². The Morgan fingerprint density at radius 3 is 2.59 bits per heavy atom. The molecule has 5 nitrogen and oxygen atoms in total. The number of nitrogens with zero attached hydrogens (tertiary/aromatic N) is 1. The van der Waals surface area contributed by atoms with Gasteiger partial charge in [0, 0.05) is 24.2 Å². The fourth-order valence-corrected chi connectivity index (χ4v) is 2.54. The average molecular weight is 297 g/mol. The molecule has 0 aliphatic carbocycles. The summed E-state index contributed by atoms with van der Waals surface area (Å²) < 4.78 is 7.50. The van der Waals surface area contributed by atoms with Gasteiger partial charge in [-0.2, -0.15) is 0 Å². The lowest BCUT2D eigenvalue weighted by Gasteiger charge is -2.05. The van der Waals surface area contributed by atoms with Crippen molar-refractivity contribution in [3.63, 3.8) is 0 Å². The summed E-state index contributed by atoms with van der Waals surface area (Å²) >= 11 is 0. The van der Waals surface area contributed by atoms with Crippen LogP contribution in [0.5, 0.6) is 11.5 Å². The van der Waals surface area contributed by atoms with E-state index in [0.717, 1.165) is 10.9 Å². The third kappa shape index (κ3) is 2.48. The molecule has 0 saturated heterocycles. The van der Waals surface area contributed by atoms with Crippen LogP contribution in [0.25, 0.3) is 10.9 Å². The standard InChI is InChI=1S/C17H15NO4/c1-18-9-11(10-22-13-7-5-12(19)6-8-13)14-3-2-4-15(16(14)18)17(20)21/h2-9,19H,10H2,1H3,(H,20,21). The van der Waals surface area contributed by atoms with Crippen molar-refractivity contribution in [3.8, 4) is 11.5 Å². The van der Waals surface area contributed by atoms with E-state index in [1.54, 1.807) is 41.0 Å². The van der Waals surface area contributed by atoms with Gasteiger partial charge in [-0.05, 0) is 30.3 Å². The number of carboxylic acid groups (broad SMARTS) is 1. The molecule has 0 spiro atoms. The van der Waals surface area contributed by atoms with Gasteiger partial charge in [0.2, 0.25) is 0 Å². The molecule has 2 N–H and O–H groups in total. The fraction of sp³-hybridized carbons (Fsp3) is 0.118. The quantitative estimate of drug-likeness (QED) is 0.776. The second kappa shape index (κ2) is 5.44. The van der Waals surface area contributed by atoms with Crippen molar-refractivity contribution in [1.29, 1.82) is 0 Å². The number of aromatic nitrogens is 1. The minimum absolute atomic E-state index is 0.184. The topological polar surface area (TPSA) is 71.7 Å². The highest BCUT2D eigenvalue weighted by Crippen LogP contribution is 2.26. The molecular weight excluding hydrogens is 282 g/mol. The van der Waals surface area contributed by atoms with E-state index in [1.165, 1.54) is 0 Å². The molecule has 0 bridgehead atoms. The number of aromatic carboxylic acids is 1. The van der Waals surface area contributed by atoms with Gasteiger partial charge in [-0.25, -0.2) is 4.79 Å². The Morgan fingerprint density at radius 2 is 1.91 bits per heavy atom. The Labute approximate surface area is 127 Å². The van der Waals surface area contributed by atoms with E-state index >= 15 is 0 Å². The first-order valence-electron chi connectivity index (χ1n) is 6.78. The second-order valence-electron chi connectivity index (χ2n) is 5.05. The highest BCUT2D eigenvalue weighted by atomic mass is 16.5. The summed E-state index contributed by atoms with van der Waals surface area (Å²) in [4.78, 5) is 11.3. The molecular formula is C17H15NO4. The molecule has 0 aliphatic heterocycles. The molecule has 3 rings (SSSR count). The molecule has 0 fully saturated rings. The third-order valence-electron chi connectivity index (χ3n) is 3.55. The van der Waals surface area contributed by atoms with Crippen LogP contribution in [0, 0.1) is 0 Å². The predicted molar refractivity (Wildman–Crippen MR) is 82.3 cm³/mol. The second-order valence-corrected chi connectivity index (χ2v) is 5.05. The van der Waals surface area contributed by atoms with E-state index < -0.39 is 5.97 Å². The predicted octanol–water partition coefficient (Wildman–Crippen LogP) is 3.16. The number of phenols is 1. The minimum atomic E-state index is -0.946. The summed E-state index contributed by atoms with van der Waals surface area (Å²) in [7, 11) is 1.82. The lowest BCUT2D eigenvalue weighted by atomic mass is 10.1. The molecule has 3 aromatic rings. The van der Waals surface area contributed by atoms with E-state index in [9.17, 15) is 15.0 Å². The number of carbonyl (C=O) groups is 1. The first-order chi connectivity index (χ1) is 10.6. The molecule has 0 saturated carbocycles. The smallest absolute Gasteiger partial charge is 0.337 e. The molecule has 5 heteroatoms. The molecule has 1 heterocycles. The van der Waals surface area contributed by atoms with Gasteiger partial charge in [-0.3, -0.25) is 0 Å². The number of aromatic hydroxyl groups is 1. The largest absolute Gasteiger partial charge is 0.508 e. The van der Waals surface area contributed by atoms with E-state index in [1.807, 2.05) is 19.3 Å². The van der Waals surface area contributed by atoms with Crippen LogP contribution in [0.1, 0.15) is 15.9 Å². The maximum absolute atomic E-state index is 11.3. The number of hydrogen-bond acceptors (Lipinski definition) is 3. The van der Waals surface area contributed by atoms with Crippen LogP contribution in [-0.4, -0.2) is 20.7 Å². The number of rotatable bonds is 4. The molecule has 0 unspecified atom stereocenters. The van der Waals surface area contributed by atoms with Crippen molar-refractivity contribution in [2.45, 2.75) is 6.61 Å². The van der Waals surface area contributed by atoms with E-state index in [0.29, 0.717) is 17.9 Å². The third-order valence-corrected chi connectivity index (χ3v) is 3.55. The Bertz CT molecular complexity index is 834. The van der Waals surface area contributed by atoms with Gasteiger partial charge in [0.1, 0.15) is 18.1 Å². The Morgan fingerprint density at radius 1 is 1.18 bits per heavy atom. The highest BCUT2D eigenvalue weighted by Gasteiger charge is 2.14. The maximum atomic E-state index is 11.3. The highest BCUT2D eigenvalue weighted by molar-refractivity contribution is 6.03. The molecule has 0 amide bonds. The maximum Gasteiger partial charge on any atom is 0.337 e. The summed E-state index contributed by atoms with van der Waals surface area (Å²) in [6.07, 6.45) is 1.87. The lowest BCUT2D eigenvalue weighted by Crippen LogP contribution is -1.99. The zero-order valence-electron chi connectivity index (χ0n) is 12.0. The number of hydrogen-bond donors (Lipinski definition) is 2. The van der Waals surface area contributed by atoms with Gasteiger partial charge >= 0.3 is 5.97 Å². The zero-order chi connectivity index (χ0) is 15.7. The van der Waals surface area contributed by atoms with E-state index in [4.69, 9.17) is 4.74 Å². The number of fused-ring (bicyclic) bond motifs is 1. The van der Waals surface area contributed by atoms with Gasteiger partial charge in [-0.15, -0.1) is 0 Å². The molecule has 0 radical (unpaired) electrons. The minimum Gasteiger partial charge on any atom is -0.508 e. The number of carboxylic acids is 1.